The Morgan fingerprint density at radius 3 is 2.31 bits per heavy atom. The van der Waals surface area contributed by atoms with E-state index in [4.69, 9.17) is 9.47 Å². The maximum Gasteiger partial charge on any atom is 0.309 e. The zero-order valence-electron chi connectivity index (χ0n) is 10.5. The highest BCUT2D eigenvalue weighted by Gasteiger charge is 2.13. The van der Waals surface area contributed by atoms with Crippen LogP contribution in [0.5, 0.6) is 5.75 Å². The summed E-state index contributed by atoms with van der Waals surface area (Å²) < 4.78 is 9.97. The van der Waals surface area contributed by atoms with Crippen molar-refractivity contribution in [2.24, 2.45) is 0 Å². The van der Waals surface area contributed by atoms with Gasteiger partial charge >= 0.3 is 5.97 Å². The Labute approximate surface area is 96.4 Å². The van der Waals surface area contributed by atoms with Crippen LogP contribution in [0.25, 0.3) is 0 Å². The van der Waals surface area contributed by atoms with Crippen LogP contribution in [-0.2, 0) is 16.0 Å². The van der Waals surface area contributed by atoms with E-state index in [1.165, 1.54) is 7.11 Å². The van der Waals surface area contributed by atoms with Gasteiger partial charge in [0.05, 0.1) is 20.6 Å². The molecule has 0 aliphatic rings. The Morgan fingerprint density at radius 1 is 1.19 bits per heavy atom. The summed E-state index contributed by atoms with van der Waals surface area (Å²) in [6, 6.07) is 1.96. The molecule has 0 saturated carbocycles. The number of esters is 1. The molecular formula is C13H18O3. The van der Waals surface area contributed by atoms with E-state index in [-0.39, 0.29) is 5.97 Å². The normalized spacial score (nSPS) is 10.1. The van der Waals surface area contributed by atoms with Crippen molar-refractivity contribution in [3.63, 3.8) is 0 Å². The molecule has 16 heavy (non-hydrogen) atoms. The lowest BCUT2D eigenvalue weighted by Crippen LogP contribution is -2.08. The van der Waals surface area contributed by atoms with Gasteiger partial charge in [-0.25, -0.2) is 0 Å². The summed E-state index contributed by atoms with van der Waals surface area (Å²) in [5, 5.41) is 0. The molecule has 0 N–H and O–H groups in total. The summed E-state index contributed by atoms with van der Waals surface area (Å²) in [5.74, 6) is 0.652. The van der Waals surface area contributed by atoms with Crippen molar-refractivity contribution < 1.29 is 14.3 Å². The predicted octanol–water partition coefficient (Wildman–Crippen LogP) is 2.34. The first-order valence-corrected chi connectivity index (χ1v) is 5.21. The first-order chi connectivity index (χ1) is 7.51. The average Bonchev–Trinajstić information content (AvgIpc) is 2.28. The topological polar surface area (TPSA) is 35.5 Å². The zero-order chi connectivity index (χ0) is 12.3. The fourth-order valence-electron chi connectivity index (χ4n) is 1.80. The van der Waals surface area contributed by atoms with Crippen molar-refractivity contribution in [2.75, 3.05) is 14.2 Å². The van der Waals surface area contributed by atoms with Crippen molar-refractivity contribution in [2.45, 2.75) is 27.2 Å². The largest absolute Gasteiger partial charge is 0.496 e. The van der Waals surface area contributed by atoms with Gasteiger partial charge in [0.25, 0.3) is 0 Å². The van der Waals surface area contributed by atoms with Gasteiger partial charge in [0.15, 0.2) is 0 Å². The molecule has 0 saturated heterocycles. The van der Waals surface area contributed by atoms with Gasteiger partial charge in [-0.3, -0.25) is 4.79 Å². The third-order valence-corrected chi connectivity index (χ3v) is 2.98. The Kier molecular flexibility index (Phi) is 3.93. The van der Waals surface area contributed by atoms with Crippen molar-refractivity contribution >= 4 is 5.97 Å². The molecule has 0 spiro atoms. The second-order valence-corrected chi connectivity index (χ2v) is 3.88. The lowest BCUT2D eigenvalue weighted by molar-refractivity contribution is -0.139. The number of hydrogen-bond acceptors (Lipinski definition) is 3. The zero-order valence-corrected chi connectivity index (χ0v) is 10.5. The Balaban J connectivity index is 3.20. The molecule has 0 fully saturated rings. The molecule has 1 aromatic carbocycles. The molecule has 0 amide bonds. The maximum atomic E-state index is 11.3. The monoisotopic (exact) mass is 222 g/mol. The smallest absolute Gasteiger partial charge is 0.309 e. The Hall–Kier alpha value is -1.51. The number of methoxy groups -OCH3 is 2. The highest BCUT2D eigenvalue weighted by atomic mass is 16.5. The van der Waals surface area contributed by atoms with Crippen molar-refractivity contribution in [1.82, 2.24) is 0 Å². The molecular weight excluding hydrogens is 204 g/mol. The molecule has 0 aliphatic carbocycles. The number of benzene rings is 1. The minimum atomic E-state index is -0.212. The number of ether oxygens (including phenoxy) is 2. The molecule has 0 radical (unpaired) electrons. The molecule has 1 rings (SSSR count). The molecule has 0 bridgehead atoms. The Morgan fingerprint density at radius 2 is 1.81 bits per heavy atom. The quantitative estimate of drug-likeness (QED) is 0.736. The van der Waals surface area contributed by atoms with Gasteiger partial charge < -0.3 is 9.47 Å². The standard InChI is InChI=1S/C13H18O3/c1-8-6-12(15-4)10(3)9(2)11(8)7-13(14)16-5/h6H,7H2,1-5H3. The van der Waals surface area contributed by atoms with E-state index < -0.39 is 0 Å². The predicted molar refractivity (Wildman–Crippen MR) is 62.9 cm³/mol. The van der Waals surface area contributed by atoms with E-state index in [2.05, 4.69) is 0 Å². The first kappa shape index (κ1) is 12.6. The molecule has 3 nitrogen and oxygen atoms in total. The molecule has 3 heteroatoms. The second-order valence-electron chi connectivity index (χ2n) is 3.88. The second kappa shape index (κ2) is 5.01. The van der Waals surface area contributed by atoms with Crippen molar-refractivity contribution in [3.05, 3.63) is 28.3 Å². The van der Waals surface area contributed by atoms with Gasteiger partial charge in [0, 0.05) is 0 Å². The summed E-state index contributed by atoms with van der Waals surface area (Å²) in [6.45, 7) is 5.98. The molecule has 1 aromatic rings. The fraction of sp³-hybridized carbons (Fsp3) is 0.462. The van der Waals surface area contributed by atoms with Crippen LogP contribution in [0.4, 0.5) is 0 Å². The number of rotatable bonds is 3. The molecule has 88 valence electrons. The number of aryl methyl sites for hydroxylation is 1. The maximum absolute atomic E-state index is 11.3. The highest BCUT2D eigenvalue weighted by molar-refractivity contribution is 5.74. The van der Waals surface area contributed by atoms with Crippen LogP contribution >= 0.6 is 0 Å². The van der Waals surface area contributed by atoms with Crippen LogP contribution in [0.1, 0.15) is 22.3 Å². The number of carbonyl (C=O) groups is 1. The van der Waals surface area contributed by atoms with Crippen LogP contribution in [0.15, 0.2) is 6.07 Å². The lowest BCUT2D eigenvalue weighted by Gasteiger charge is -2.15. The lowest BCUT2D eigenvalue weighted by atomic mass is 9.95. The number of hydrogen-bond donors (Lipinski definition) is 0. The van der Waals surface area contributed by atoms with Gasteiger partial charge in [0.2, 0.25) is 0 Å². The molecule has 0 unspecified atom stereocenters. The van der Waals surface area contributed by atoms with E-state index in [9.17, 15) is 4.79 Å². The fourth-order valence-corrected chi connectivity index (χ4v) is 1.80. The van der Waals surface area contributed by atoms with Crippen LogP contribution in [0, 0.1) is 20.8 Å². The van der Waals surface area contributed by atoms with Gasteiger partial charge in [-0.1, -0.05) is 0 Å². The average molecular weight is 222 g/mol. The van der Waals surface area contributed by atoms with E-state index >= 15 is 0 Å². The minimum absolute atomic E-state index is 0.212. The summed E-state index contributed by atoms with van der Waals surface area (Å²) in [7, 11) is 3.06. The van der Waals surface area contributed by atoms with Crippen LogP contribution in [0.3, 0.4) is 0 Å². The minimum Gasteiger partial charge on any atom is -0.496 e. The van der Waals surface area contributed by atoms with E-state index in [0.29, 0.717) is 6.42 Å². The summed E-state index contributed by atoms with van der Waals surface area (Å²) in [5.41, 5.74) is 4.27. The van der Waals surface area contributed by atoms with E-state index in [0.717, 1.165) is 28.0 Å². The van der Waals surface area contributed by atoms with Crippen LogP contribution < -0.4 is 4.74 Å². The molecule has 0 aliphatic heterocycles. The summed E-state index contributed by atoms with van der Waals surface area (Å²) >= 11 is 0. The molecule has 0 heterocycles. The van der Waals surface area contributed by atoms with Crippen LogP contribution in [-0.4, -0.2) is 20.2 Å². The first-order valence-electron chi connectivity index (χ1n) is 5.21. The SMILES string of the molecule is COC(=O)Cc1c(C)cc(OC)c(C)c1C. The van der Waals surface area contributed by atoms with E-state index in [1.807, 2.05) is 26.8 Å². The number of carbonyl (C=O) groups excluding carboxylic acids is 1. The van der Waals surface area contributed by atoms with Crippen LogP contribution in [0.2, 0.25) is 0 Å². The third-order valence-electron chi connectivity index (χ3n) is 2.98. The van der Waals surface area contributed by atoms with Gasteiger partial charge in [0.1, 0.15) is 5.75 Å². The van der Waals surface area contributed by atoms with Gasteiger partial charge in [-0.05, 0) is 49.1 Å². The van der Waals surface area contributed by atoms with Gasteiger partial charge in [-0.15, -0.1) is 0 Å². The Bertz CT molecular complexity index is 408. The molecule has 0 aromatic heterocycles. The summed E-state index contributed by atoms with van der Waals surface area (Å²) in [4.78, 5) is 11.3. The van der Waals surface area contributed by atoms with E-state index in [1.54, 1.807) is 7.11 Å². The van der Waals surface area contributed by atoms with Crippen molar-refractivity contribution in [1.29, 1.82) is 0 Å². The summed E-state index contributed by atoms with van der Waals surface area (Å²) in [6.07, 6.45) is 0.318. The third kappa shape index (κ3) is 2.35. The van der Waals surface area contributed by atoms with Gasteiger partial charge in [-0.2, -0.15) is 0 Å². The highest BCUT2D eigenvalue weighted by Crippen LogP contribution is 2.27. The van der Waals surface area contributed by atoms with Crippen molar-refractivity contribution in [3.8, 4) is 5.75 Å². The molecule has 0 atom stereocenters.